The molecule has 0 aromatic rings. The standard InChI is InChI=1S/C11H20F3N3O3S/c1-9(2,17-21(3,19)20)6-16-8(18)10(11(12,13)14)4-5-15-7-10/h15,17H,4-7H2,1-3H3,(H,16,18). The normalized spacial score (nSPS) is 24.1. The third-order valence-corrected chi connectivity index (χ3v) is 4.21. The number of hydrogen-bond donors (Lipinski definition) is 3. The van der Waals surface area contributed by atoms with E-state index < -0.39 is 39.6 Å². The Balaban J connectivity index is 2.76. The maximum atomic E-state index is 13.1. The van der Waals surface area contributed by atoms with E-state index in [1.54, 1.807) is 0 Å². The zero-order valence-electron chi connectivity index (χ0n) is 12.1. The van der Waals surface area contributed by atoms with E-state index in [0.29, 0.717) is 0 Å². The third-order valence-electron chi connectivity index (χ3n) is 3.29. The maximum absolute atomic E-state index is 13.1. The van der Waals surface area contributed by atoms with Gasteiger partial charge in [-0.25, -0.2) is 13.1 Å². The minimum absolute atomic E-state index is 0.109. The fourth-order valence-electron chi connectivity index (χ4n) is 2.26. The molecule has 0 spiro atoms. The second-order valence-electron chi connectivity index (χ2n) is 5.95. The van der Waals surface area contributed by atoms with Gasteiger partial charge in [0.1, 0.15) is 0 Å². The van der Waals surface area contributed by atoms with Crippen molar-refractivity contribution in [1.29, 1.82) is 0 Å². The second-order valence-corrected chi connectivity index (χ2v) is 7.70. The first-order valence-electron chi connectivity index (χ1n) is 6.34. The smallest absolute Gasteiger partial charge is 0.353 e. The number of amides is 1. The number of rotatable bonds is 5. The van der Waals surface area contributed by atoms with Crippen LogP contribution in [-0.2, 0) is 14.8 Å². The Morgan fingerprint density at radius 1 is 1.33 bits per heavy atom. The molecular formula is C11H20F3N3O3S. The van der Waals surface area contributed by atoms with Crippen LogP contribution in [0, 0.1) is 5.41 Å². The minimum Gasteiger partial charge on any atom is -0.353 e. The van der Waals surface area contributed by atoms with Crippen LogP contribution in [0.25, 0.3) is 0 Å². The first kappa shape index (κ1) is 18.2. The molecule has 0 aromatic heterocycles. The van der Waals surface area contributed by atoms with Gasteiger partial charge in [0.2, 0.25) is 15.9 Å². The molecule has 1 atom stereocenters. The van der Waals surface area contributed by atoms with Gasteiger partial charge in [-0.2, -0.15) is 13.2 Å². The Hall–Kier alpha value is -0.870. The molecule has 1 heterocycles. The van der Waals surface area contributed by atoms with E-state index in [2.05, 4.69) is 15.4 Å². The average Bonchev–Trinajstić information content (AvgIpc) is 2.71. The molecule has 10 heteroatoms. The Bertz CT molecular complexity index is 497. The number of carbonyl (C=O) groups is 1. The molecule has 21 heavy (non-hydrogen) atoms. The highest BCUT2D eigenvalue weighted by atomic mass is 32.2. The van der Waals surface area contributed by atoms with Crippen LogP contribution in [0.5, 0.6) is 0 Å². The van der Waals surface area contributed by atoms with Crippen molar-refractivity contribution in [2.24, 2.45) is 5.41 Å². The zero-order valence-corrected chi connectivity index (χ0v) is 12.9. The molecule has 0 radical (unpaired) electrons. The molecular weight excluding hydrogens is 311 g/mol. The molecule has 0 aliphatic carbocycles. The van der Waals surface area contributed by atoms with E-state index in [4.69, 9.17) is 0 Å². The van der Waals surface area contributed by atoms with Crippen LogP contribution in [0.15, 0.2) is 0 Å². The van der Waals surface area contributed by atoms with Gasteiger partial charge in [-0.05, 0) is 26.8 Å². The highest BCUT2D eigenvalue weighted by Crippen LogP contribution is 2.43. The van der Waals surface area contributed by atoms with Gasteiger partial charge in [0.25, 0.3) is 0 Å². The van der Waals surface area contributed by atoms with Crippen LogP contribution < -0.4 is 15.4 Å². The third kappa shape index (κ3) is 4.55. The molecule has 0 bridgehead atoms. The van der Waals surface area contributed by atoms with Gasteiger partial charge in [0.15, 0.2) is 5.41 Å². The zero-order chi connectivity index (χ0) is 16.5. The molecule has 1 aliphatic rings. The van der Waals surface area contributed by atoms with Crippen LogP contribution in [0.4, 0.5) is 13.2 Å². The van der Waals surface area contributed by atoms with Gasteiger partial charge in [-0.1, -0.05) is 0 Å². The number of alkyl halides is 3. The molecule has 0 saturated carbocycles. The number of carbonyl (C=O) groups excluding carboxylic acids is 1. The number of nitrogens with one attached hydrogen (secondary N) is 3. The van der Waals surface area contributed by atoms with Crippen molar-refractivity contribution in [3.63, 3.8) is 0 Å². The maximum Gasteiger partial charge on any atom is 0.404 e. The lowest BCUT2D eigenvalue weighted by atomic mass is 9.85. The first-order valence-corrected chi connectivity index (χ1v) is 8.23. The molecule has 3 N–H and O–H groups in total. The Kier molecular flexibility index (Phi) is 4.96. The number of hydrogen-bond acceptors (Lipinski definition) is 4. The van der Waals surface area contributed by atoms with Crippen molar-refractivity contribution in [2.45, 2.75) is 32.0 Å². The van der Waals surface area contributed by atoms with Crippen molar-refractivity contribution in [2.75, 3.05) is 25.9 Å². The summed E-state index contributed by atoms with van der Waals surface area (Å²) in [5.41, 5.74) is -3.53. The SMILES string of the molecule is CC(C)(CNC(=O)C1(C(F)(F)F)CCNC1)NS(C)(=O)=O. The van der Waals surface area contributed by atoms with Gasteiger partial charge < -0.3 is 10.6 Å². The second kappa shape index (κ2) is 5.73. The van der Waals surface area contributed by atoms with Crippen molar-refractivity contribution < 1.29 is 26.4 Å². The Morgan fingerprint density at radius 2 is 1.90 bits per heavy atom. The fourth-order valence-corrected chi connectivity index (χ4v) is 3.34. The summed E-state index contributed by atoms with van der Waals surface area (Å²) in [6.07, 6.45) is -4.05. The van der Waals surface area contributed by atoms with Crippen molar-refractivity contribution >= 4 is 15.9 Å². The lowest BCUT2D eigenvalue weighted by Gasteiger charge is -2.32. The minimum atomic E-state index is -4.66. The highest BCUT2D eigenvalue weighted by Gasteiger charge is 2.61. The predicted molar refractivity (Wildman–Crippen MR) is 71.0 cm³/mol. The monoisotopic (exact) mass is 331 g/mol. The van der Waals surface area contributed by atoms with Crippen molar-refractivity contribution in [3.8, 4) is 0 Å². The van der Waals surface area contributed by atoms with E-state index in [0.717, 1.165) is 6.26 Å². The summed E-state index contributed by atoms with van der Waals surface area (Å²) in [5, 5.41) is 4.75. The van der Waals surface area contributed by atoms with Gasteiger partial charge in [-0.3, -0.25) is 4.79 Å². The topological polar surface area (TPSA) is 87.3 Å². The fraction of sp³-hybridized carbons (Fsp3) is 0.909. The van der Waals surface area contributed by atoms with Gasteiger partial charge in [-0.15, -0.1) is 0 Å². The number of sulfonamides is 1. The van der Waals surface area contributed by atoms with Crippen molar-refractivity contribution in [1.82, 2.24) is 15.4 Å². The molecule has 1 saturated heterocycles. The summed E-state index contributed by atoms with van der Waals surface area (Å²) in [7, 11) is -3.53. The van der Waals surface area contributed by atoms with Crippen LogP contribution in [0.1, 0.15) is 20.3 Å². The van der Waals surface area contributed by atoms with Gasteiger partial charge >= 0.3 is 6.18 Å². The molecule has 0 aromatic carbocycles. The lowest BCUT2D eigenvalue weighted by molar-refractivity contribution is -0.216. The van der Waals surface area contributed by atoms with Crippen LogP contribution in [-0.4, -0.2) is 51.9 Å². The molecule has 1 amide bonds. The Morgan fingerprint density at radius 3 is 2.29 bits per heavy atom. The molecule has 6 nitrogen and oxygen atoms in total. The van der Waals surface area contributed by atoms with E-state index in [9.17, 15) is 26.4 Å². The van der Waals surface area contributed by atoms with Gasteiger partial charge in [0.05, 0.1) is 6.26 Å². The predicted octanol–water partition coefficient (Wildman–Crippen LogP) is -0.0276. The quantitative estimate of drug-likeness (QED) is 0.660. The first-order chi connectivity index (χ1) is 9.29. The summed E-state index contributed by atoms with van der Waals surface area (Å²) >= 11 is 0. The molecule has 1 aliphatic heterocycles. The Labute approximate surface area is 121 Å². The van der Waals surface area contributed by atoms with Gasteiger partial charge in [0, 0.05) is 18.6 Å². The van der Waals surface area contributed by atoms with E-state index in [1.165, 1.54) is 13.8 Å². The van der Waals surface area contributed by atoms with E-state index in [1.807, 2.05) is 0 Å². The van der Waals surface area contributed by atoms with Crippen LogP contribution >= 0.6 is 0 Å². The molecule has 1 fully saturated rings. The van der Waals surface area contributed by atoms with E-state index in [-0.39, 0.29) is 19.5 Å². The largest absolute Gasteiger partial charge is 0.404 e. The van der Waals surface area contributed by atoms with Crippen LogP contribution in [0.2, 0.25) is 0 Å². The molecule has 1 rings (SSSR count). The molecule has 1 unspecified atom stereocenters. The lowest BCUT2D eigenvalue weighted by Crippen LogP contribution is -2.57. The summed E-state index contributed by atoms with van der Waals surface area (Å²) in [6, 6.07) is 0. The summed E-state index contributed by atoms with van der Waals surface area (Å²) in [4.78, 5) is 12.0. The summed E-state index contributed by atoms with van der Waals surface area (Å²) in [5.74, 6) is -1.14. The summed E-state index contributed by atoms with van der Waals surface area (Å²) < 4.78 is 64.0. The summed E-state index contributed by atoms with van der Waals surface area (Å²) in [6.45, 7) is 2.35. The average molecular weight is 331 g/mol. The van der Waals surface area contributed by atoms with Crippen molar-refractivity contribution in [3.05, 3.63) is 0 Å². The number of halogens is 3. The molecule has 124 valence electrons. The van der Waals surface area contributed by atoms with E-state index >= 15 is 0 Å². The highest BCUT2D eigenvalue weighted by molar-refractivity contribution is 7.88. The van der Waals surface area contributed by atoms with Crippen LogP contribution in [0.3, 0.4) is 0 Å².